The molecular formula is C16H22ClNO3. The van der Waals surface area contributed by atoms with Crippen molar-refractivity contribution in [3.63, 3.8) is 0 Å². The number of amides is 1. The lowest BCUT2D eigenvalue weighted by molar-refractivity contribution is 0.0124. The highest BCUT2D eigenvalue weighted by Gasteiger charge is 2.31. The molecule has 1 aliphatic carbocycles. The van der Waals surface area contributed by atoms with Gasteiger partial charge in [0.1, 0.15) is 0 Å². The zero-order chi connectivity index (χ0) is 15.1. The first-order valence-corrected chi connectivity index (χ1v) is 7.85. The summed E-state index contributed by atoms with van der Waals surface area (Å²) >= 11 is 6.35. The Labute approximate surface area is 130 Å². The number of hydrogen-bond donors (Lipinski definition) is 1. The van der Waals surface area contributed by atoms with Gasteiger partial charge in [0.25, 0.3) is 0 Å². The Morgan fingerprint density at radius 1 is 1.33 bits per heavy atom. The first-order chi connectivity index (χ1) is 10.2. The minimum atomic E-state index is -0.392. The molecule has 116 valence electrons. The third-order valence-electron chi connectivity index (χ3n) is 3.63. The van der Waals surface area contributed by atoms with E-state index in [9.17, 15) is 4.79 Å². The molecule has 0 spiro atoms. The predicted molar refractivity (Wildman–Crippen MR) is 82.5 cm³/mol. The number of benzene rings is 1. The number of alkyl halides is 1. The van der Waals surface area contributed by atoms with Gasteiger partial charge in [-0.05, 0) is 31.7 Å². The molecule has 5 heteroatoms. The molecule has 1 aromatic rings. The largest absolute Gasteiger partial charge is 0.450 e. The van der Waals surface area contributed by atoms with Crippen LogP contribution in [0.1, 0.15) is 31.7 Å². The van der Waals surface area contributed by atoms with Gasteiger partial charge in [-0.3, -0.25) is 0 Å². The van der Waals surface area contributed by atoms with Crippen LogP contribution in [0, 0.1) is 0 Å². The molecule has 0 heterocycles. The smallest absolute Gasteiger partial charge is 0.407 e. The van der Waals surface area contributed by atoms with Gasteiger partial charge >= 0.3 is 6.09 Å². The van der Waals surface area contributed by atoms with Crippen molar-refractivity contribution in [2.45, 2.75) is 50.3 Å². The van der Waals surface area contributed by atoms with Crippen LogP contribution in [0.2, 0.25) is 0 Å². The molecule has 1 saturated carbocycles. The minimum Gasteiger partial charge on any atom is -0.450 e. The molecule has 0 unspecified atom stereocenters. The molecule has 1 N–H and O–H groups in total. The summed E-state index contributed by atoms with van der Waals surface area (Å²) in [6.45, 7) is 2.76. The summed E-state index contributed by atoms with van der Waals surface area (Å²) in [5.41, 5.74) is 1.16. The summed E-state index contributed by atoms with van der Waals surface area (Å²) in [5.74, 6) is 0. The van der Waals surface area contributed by atoms with Crippen LogP contribution >= 0.6 is 11.6 Å². The molecule has 1 aromatic carbocycles. The lowest BCUT2D eigenvalue weighted by Crippen LogP contribution is -2.46. The number of carbonyl (C=O) groups is 1. The Hall–Kier alpha value is -1.26. The van der Waals surface area contributed by atoms with E-state index in [1.165, 1.54) is 0 Å². The number of hydrogen-bond acceptors (Lipinski definition) is 3. The molecule has 0 aromatic heterocycles. The normalized spacial score (nSPS) is 25.3. The van der Waals surface area contributed by atoms with Crippen molar-refractivity contribution in [3.8, 4) is 0 Å². The van der Waals surface area contributed by atoms with Crippen LogP contribution in [-0.4, -0.2) is 30.2 Å². The molecule has 4 nitrogen and oxygen atoms in total. The fraction of sp³-hybridized carbons (Fsp3) is 0.562. The molecule has 0 bridgehead atoms. The van der Waals surface area contributed by atoms with Gasteiger partial charge in [0.05, 0.1) is 24.7 Å². The quantitative estimate of drug-likeness (QED) is 0.847. The van der Waals surface area contributed by atoms with Gasteiger partial charge in [-0.2, -0.15) is 0 Å². The van der Waals surface area contributed by atoms with Crippen LogP contribution < -0.4 is 5.32 Å². The zero-order valence-electron chi connectivity index (χ0n) is 12.3. The maximum absolute atomic E-state index is 11.4. The number of alkyl carbamates (subject to hydrolysis) is 1. The molecule has 0 aliphatic heterocycles. The molecule has 21 heavy (non-hydrogen) atoms. The summed E-state index contributed by atoms with van der Waals surface area (Å²) in [5, 5.41) is 2.69. The van der Waals surface area contributed by atoms with E-state index in [4.69, 9.17) is 21.1 Å². The maximum atomic E-state index is 11.4. The van der Waals surface area contributed by atoms with Crippen molar-refractivity contribution in [2.24, 2.45) is 0 Å². The van der Waals surface area contributed by atoms with Crippen LogP contribution in [0.4, 0.5) is 4.79 Å². The fourth-order valence-corrected chi connectivity index (χ4v) is 2.89. The summed E-state index contributed by atoms with van der Waals surface area (Å²) in [6.07, 6.45) is 2.20. The topological polar surface area (TPSA) is 47.6 Å². The highest BCUT2D eigenvalue weighted by atomic mass is 35.5. The van der Waals surface area contributed by atoms with E-state index in [2.05, 4.69) is 5.32 Å². The Morgan fingerprint density at radius 3 is 2.76 bits per heavy atom. The van der Waals surface area contributed by atoms with Gasteiger partial charge in [0.15, 0.2) is 0 Å². The first-order valence-electron chi connectivity index (χ1n) is 7.42. The molecule has 3 atom stereocenters. The van der Waals surface area contributed by atoms with Crippen molar-refractivity contribution in [1.82, 2.24) is 5.32 Å². The van der Waals surface area contributed by atoms with Gasteiger partial charge in [0.2, 0.25) is 0 Å². The van der Waals surface area contributed by atoms with Gasteiger partial charge < -0.3 is 14.8 Å². The van der Waals surface area contributed by atoms with E-state index < -0.39 is 6.09 Å². The Morgan fingerprint density at radius 2 is 2.10 bits per heavy atom. The number of carbonyl (C=O) groups excluding carboxylic acids is 1. The average Bonchev–Trinajstić information content (AvgIpc) is 2.49. The van der Waals surface area contributed by atoms with Gasteiger partial charge in [0, 0.05) is 6.04 Å². The van der Waals surface area contributed by atoms with E-state index in [-0.39, 0.29) is 17.5 Å². The van der Waals surface area contributed by atoms with Crippen molar-refractivity contribution in [3.05, 3.63) is 35.9 Å². The Kier molecular flexibility index (Phi) is 6.33. The van der Waals surface area contributed by atoms with Crippen LogP contribution in [0.3, 0.4) is 0 Å². The second-order valence-electron chi connectivity index (χ2n) is 5.22. The average molecular weight is 312 g/mol. The second-order valence-corrected chi connectivity index (χ2v) is 5.78. The van der Waals surface area contributed by atoms with Crippen LogP contribution in [0.5, 0.6) is 0 Å². The first kappa shape index (κ1) is 16.1. The van der Waals surface area contributed by atoms with Crippen molar-refractivity contribution in [1.29, 1.82) is 0 Å². The summed E-state index contributed by atoms with van der Waals surface area (Å²) in [6, 6.07) is 10.1. The Bertz CT molecular complexity index is 440. The number of nitrogens with one attached hydrogen (secondary N) is 1. The predicted octanol–water partition coefficient (Wildman–Crippen LogP) is 3.48. The lowest BCUT2D eigenvalue weighted by atomic mass is 9.92. The Balaban J connectivity index is 1.74. The number of halogens is 1. The fourth-order valence-electron chi connectivity index (χ4n) is 2.51. The van der Waals surface area contributed by atoms with Crippen LogP contribution in [0.25, 0.3) is 0 Å². The molecule has 1 fully saturated rings. The van der Waals surface area contributed by atoms with E-state index in [1.807, 2.05) is 30.3 Å². The summed E-state index contributed by atoms with van der Waals surface area (Å²) < 4.78 is 10.8. The van der Waals surface area contributed by atoms with Gasteiger partial charge in [-0.15, -0.1) is 11.6 Å². The SMILES string of the molecule is CCOC(=O)N[C@H]1CC[C@H](OCc2ccccc2)C[C@@H]1Cl. The number of ether oxygens (including phenoxy) is 2. The van der Waals surface area contributed by atoms with Gasteiger partial charge in [-0.1, -0.05) is 30.3 Å². The molecule has 1 amide bonds. The monoisotopic (exact) mass is 311 g/mol. The molecular weight excluding hydrogens is 290 g/mol. The minimum absolute atomic E-state index is 0.0395. The number of rotatable bonds is 5. The maximum Gasteiger partial charge on any atom is 0.407 e. The van der Waals surface area contributed by atoms with Gasteiger partial charge in [-0.25, -0.2) is 4.79 Å². The molecule has 2 rings (SSSR count). The van der Waals surface area contributed by atoms with E-state index in [1.54, 1.807) is 6.92 Å². The summed E-state index contributed by atoms with van der Waals surface area (Å²) in [4.78, 5) is 11.4. The van der Waals surface area contributed by atoms with E-state index in [0.717, 1.165) is 24.8 Å². The van der Waals surface area contributed by atoms with E-state index >= 15 is 0 Å². The zero-order valence-corrected chi connectivity index (χ0v) is 13.0. The molecule has 0 radical (unpaired) electrons. The highest BCUT2D eigenvalue weighted by Crippen LogP contribution is 2.26. The third-order valence-corrected chi connectivity index (χ3v) is 4.11. The molecule has 1 aliphatic rings. The van der Waals surface area contributed by atoms with Crippen molar-refractivity contribution < 1.29 is 14.3 Å². The second kappa shape index (κ2) is 8.25. The standard InChI is InChI=1S/C16H22ClNO3/c1-2-20-16(19)18-15-9-8-13(10-14(15)17)21-11-12-6-4-3-5-7-12/h3-7,13-15H,2,8-11H2,1H3,(H,18,19)/t13-,14-,15-/m0/s1. The van der Waals surface area contributed by atoms with E-state index in [0.29, 0.717) is 13.2 Å². The molecule has 0 saturated heterocycles. The van der Waals surface area contributed by atoms with Crippen molar-refractivity contribution in [2.75, 3.05) is 6.61 Å². The third kappa shape index (κ3) is 5.21. The van der Waals surface area contributed by atoms with Crippen molar-refractivity contribution >= 4 is 17.7 Å². The summed E-state index contributed by atoms with van der Waals surface area (Å²) in [7, 11) is 0. The van der Waals surface area contributed by atoms with Crippen LogP contribution in [-0.2, 0) is 16.1 Å². The van der Waals surface area contributed by atoms with Crippen LogP contribution in [0.15, 0.2) is 30.3 Å². The highest BCUT2D eigenvalue weighted by molar-refractivity contribution is 6.21. The lowest BCUT2D eigenvalue weighted by Gasteiger charge is -2.32.